The molecule has 0 aliphatic heterocycles. The van der Waals surface area contributed by atoms with E-state index in [2.05, 4.69) is 10.2 Å². The molecule has 94 valence electrons. The second kappa shape index (κ2) is 4.45. The second-order valence-corrected chi connectivity index (χ2v) is 3.91. The van der Waals surface area contributed by atoms with Gasteiger partial charge >= 0.3 is 6.18 Å². The summed E-state index contributed by atoms with van der Waals surface area (Å²) >= 11 is 5.60. The number of hydrogen-bond acceptors (Lipinski definition) is 2. The van der Waals surface area contributed by atoms with E-state index >= 15 is 0 Å². The van der Waals surface area contributed by atoms with Gasteiger partial charge in [0, 0.05) is 5.56 Å². The Bertz CT molecular complexity index is 619. The van der Waals surface area contributed by atoms with Gasteiger partial charge in [-0.1, -0.05) is 23.7 Å². The number of H-pyrrole nitrogens is 1. The van der Waals surface area contributed by atoms with Gasteiger partial charge in [-0.2, -0.15) is 18.3 Å². The molecule has 0 bridgehead atoms. The van der Waals surface area contributed by atoms with Crippen LogP contribution in [0.15, 0.2) is 35.1 Å². The monoisotopic (exact) mass is 274 g/mol. The molecule has 2 aromatic rings. The van der Waals surface area contributed by atoms with Gasteiger partial charge in [0.15, 0.2) is 0 Å². The number of alkyl halides is 3. The largest absolute Gasteiger partial charge is 0.416 e. The summed E-state index contributed by atoms with van der Waals surface area (Å²) in [6.07, 6.45) is -4.38. The van der Waals surface area contributed by atoms with Crippen LogP contribution in [0.25, 0.3) is 11.3 Å². The smallest absolute Gasteiger partial charge is 0.266 e. The summed E-state index contributed by atoms with van der Waals surface area (Å²) < 4.78 is 37.1. The molecule has 2 rings (SSSR count). The Morgan fingerprint density at radius 3 is 2.28 bits per heavy atom. The van der Waals surface area contributed by atoms with Crippen LogP contribution >= 0.6 is 11.6 Å². The Hall–Kier alpha value is -1.82. The molecule has 1 aromatic heterocycles. The topological polar surface area (TPSA) is 45.8 Å². The molecular weight excluding hydrogens is 269 g/mol. The summed E-state index contributed by atoms with van der Waals surface area (Å²) in [5, 5.41) is 5.78. The fraction of sp³-hybridized carbons (Fsp3) is 0.0909. The Kier molecular flexibility index (Phi) is 3.13. The van der Waals surface area contributed by atoms with E-state index in [4.69, 9.17) is 11.6 Å². The fourth-order valence-electron chi connectivity index (χ4n) is 1.36. The average Bonchev–Trinajstić information content (AvgIpc) is 2.32. The van der Waals surface area contributed by atoms with Gasteiger partial charge in [-0.15, -0.1) is 0 Å². The van der Waals surface area contributed by atoms with Crippen molar-refractivity contribution in [1.82, 2.24) is 10.2 Å². The van der Waals surface area contributed by atoms with Crippen molar-refractivity contribution in [3.63, 3.8) is 0 Å². The number of aromatic amines is 1. The average molecular weight is 275 g/mol. The lowest BCUT2D eigenvalue weighted by molar-refractivity contribution is -0.137. The summed E-state index contributed by atoms with van der Waals surface area (Å²) in [7, 11) is 0. The van der Waals surface area contributed by atoms with Gasteiger partial charge < -0.3 is 0 Å². The Morgan fingerprint density at radius 2 is 1.78 bits per heavy atom. The maximum Gasteiger partial charge on any atom is 0.416 e. The molecule has 0 saturated heterocycles. The molecule has 0 spiro atoms. The Morgan fingerprint density at radius 1 is 1.17 bits per heavy atom. The summed E-state index contributed by atoms with van der Waals surface area (Å²) in [4.78, 5) is 11.0. The third-order valence-corrected chi connectivity index (χ3v) is 2.55. The van der Waals surface area contributed by atoms with E-state index in [9.17, 15) is 18.0 Å². The predicted octanol–water partition coefficient (Wildman–Crippen LogP) is 3.11. The molecule has 1 N–H and O–H groups in total. The zero-order chi connectivity index (χ0) is 13.3. The van der Waals surface area contributed by atoms with E-state index in [1.165, 1.54) is 18.2 Å². The number of hydrogen-bond donors (Lipinski definition) is 1. The minimum Gasteiger partial charge on any atom is -0.266 e. The van der Waals surface area contributed by atoms with Crippen LogP contribution in [-0.4, -0.2) is 10.2 Å². The van der Waals surface area contributed by atoms with Gasteiger partial charge in [-0.25, -0.2) is 5.10 Å². The molecule has 0 fully saturated rings. The van der Waals surface area contributed by atoms with E-state index in [-0.39, 0.29) is 5.02 Å². The third kappa shape index (κ3) is 2.53. The summed E-state index contributed by atoms with van der Waals surface area (Å²) in [6, 6.07) is 5.70. The third-order valence-electron chi connectivity index (χ3n) is 2.27. The number of rotatable bonds is 1. The number of halogens is 4. The molecule has 0 aliphatic rings. The number of aromatic nitrogens is 2. The van der Waals surface area contributed by atoms with Crippen LogP contribution < -0.4 is 5.56 Å². The summed E-state index contributed by atoms with van der Waals surface area (Å²) in [6.45, 7) is 0. The highest BCUT2D eigenvalue weighted by molar-refractivity contribution is 6.30. The second-order valence-electron chi connectivity index (χ2n) is 3.51. The lowest BCUT2D eigenvalue weighted by Gasteiger charge is -2.07. The van der Waals surface area contributed by atoms with Gasteiger partial charge in [0.2, 0.25) is 0 Å². The van der Waals surface area contributed by atoms with Crippen LogP contribution in [-0.2, 0) is 6.18 Å². The molecule has 1 aromatic carbocycles. The number of benzene rings is 1. The maximum absolute atomic E-state index is 12.4. The number of nitrogens with one attached hydrogen (secondary N) is 1. The predicted molar refractivity (Wildman–Crippen MR) is 60.3 cm³/mol. The van der Waals surface area contributed by atoms with Crippen LogP contribution in [0.2, 0.25) is 5.02 Å². The SMILES string of the molecule is O=c1[nH]nc(-c2ccc(C(F)(F)F)cc2)cc1Cl. The first-order chi connectivity index (χ1) is 8.38. The van der Waals surface area contributed by atoms with Crippen molar-refractivity contribution in [1.29, 1.82) is 0 Å². The van der Waals surface area contributed by atoms with Crippen molar-refractivity contribution in [2.45, 2.75) is 6.18 Å². The minimum absolute atomic E-state index is 0.0695. The van der Waals surface area contributed by atoms with Crippen molar-refractivity contribution in [2.75, 3.05) is 0 Å². The first-order valence-corrected chi connectivity index (χ1v) is 5.18. The van der Waals surface area contributed by atoms with Crippen LogP contribution in [0.4, 0.5) is 13.2 Å². The van der Waals surface area contributed by atoms with Gasteiger partial charge in [0.1, 0.15) is 5.02 Å². The van der Waals surface area contributed by atoms with E-state index in [0.29, 0.717) is 11.3 Å². The quantitative estimate of drug-likeness (QED) is 0.868. The van der Waals surface area contributed by atoms with E-state index < -0.39 is 17.3 Å². The highest BCUT2D eigenvalue weighted by Crippen LogP contribution is 2.30. The Labute approximate surface area is 104 Å². The van der Waals surface area contributed by atoms with Crippen LogP contribution in [0.1, 0.15) is 5.56 Å². The number of nitrogens with zero attached hydrogens (tertiary/aromatic N) is 1. The molecule has 3 nitrogen and oxygen atoms in total. The first-order valence-electron chi connectivity index (χ1n) is 4.81. The van der Waals surface area contributed by atoms with Crippen molar-refractivity contribution in [3.8, 4) is 11.3 Å². The van der Waals surface area contributed by atoms with Gasteiger partial charge in [-0.3, -0.25) is 4.79 Å². The van der Waals surface area contributed by atoms with E-state index in [1.54, 1.807) is 0 Å². The molecule has 7 heteroatoms. The minimum atomic E-state index is -4.38. The van der Waals surface area contributed by atoms with Crippen LogP contribution in [0.5, 0.6) is 0 Å². The molecule has 0 saturated carbocycles. The lowest BCUT2D eigenvalue weighted by Crippen LogP contribution is -2.08. The van der Waals surface area contributed by atoms with Crippen LogP contribution in [0, 0.1) is 0 Å². The molecule has 18 heavy (non-hydrogen) atoms. The van der Waals surface area contributed by atoms with Gasteiger partial charge in [0.05, 0.1) is 11.3 Å². The standard InChI is InChI=1S/C11H6ClF3N2O/c12-8-5-9(16-17-10(8)18)6-1-3-7(4-2-6)11(13,14)15/h1-5H,(H,17,18). The molecule has 0 amide bonds. The highest BCUT2D eigenvalue weighted by atomic mass is 35.5. The van der Waals surface area contributed by atoms with E-state index in [0.717, 1.165) is 12.1 Å². The van der Waals surface area contributed by atoms with Crippen molar-refractivity contribution in [3.05, 3.63) is 51.3 Å². The molecule has 0 radical (unpaired) electrons. The zero-order valence-electron chi connectivity index (χ0n) is 8.75. The summed E-state index contributed by atoms with van der Waals surface area (Å²) in [5.41, 5.74) is -0.566. The molecule has 1 heterocycles. The zero-order valence-corrected chi connectivity index (χ0v) is 9.51. The molecule has 0 aliphatic carbocycles. The highest BCUT2D eigenvalue weighted by Gasteiger charge is 2.29. The Balaban J connectivity index is 2.40. The summed E-state index contributed by atoms with van der Waals surface area (Å²) in [5.74, 6) is 0. The molecule has 0 atom stereocenters. The molecule has 0 unspecified atom stereocenters. The lowest BCUT2D eigenvalue weighted by atomic mass is 10.1. The van der Waals surface area contributed by atoms with Crippen LogP contribution in [0.3, 0.4) is 0 Å². The molecular formula is C11H6ClF3N2O. The van der Waals surface area contributed by atoms with E-state index in [1.807, 2.05) is 0 Å². The first kappa shape index (κ1) is 12.6. The van der Waals surface area contributed by atoms with Crippen molar-refractivity contribution >= 4 is 11.6 Å². The van der Waals surface area contributed by atoms with Crippen molar-refractivity contribution in [2.24, 2.45) is 0 Å². The van der Waals surface area contributed by atoms with Gasteiger partial charge in [0.25, 0.3) is 5.56 Å². The normalized spacial score (nSPS) is 11.6. The fourth-order valence-corrected chi connectivity index (χ4v) is 1.51. The maximum atomic E-state index is 12.4. The van der Waals surface area contributed by atoms with Crippen molar-refractivity contribution < 1.29 is 13.2 Å². The van der Waals surface area contributed by atoms with Gasteiger partial charge in [-0.05, 0) is 18.2 Å².